The maximum absolute atomic E-state index is 3.93. The molecule has 1 nitrogen and oxygen atoms in total. The average Bonchev–Trinajstić information content (AvgIpc) is 2.33. The molecule has 0 spiro atoms. The molecule has 1 unspecified atom stereocenters. The van der Waals surface area contributed by atoms with Gasteiger partial charge in [0.2, 0.25) is 0 Å². The number of rotatable bonds is 3. The van der Waals surface area contributed by atoms with Crippen molar-refractivity contribution < 1.29 is 0 Å². The molecule has 1 aromatic carbocycles. The Morgan fingerprint density at radius 1 is 1.10 bits per heavy atom. The van der Waals surface area contributed by atoms with Crippen molar-refractivity contribution in [1.29, 1.82) is 0 Å². The van der Waals surface area contributed by atoms with E-state index >= 15 is 0 Å². The number of hydrogen-bond donors (Lipinski definition) is 1. The van der Waals surface area contributed by atoms with Gasteiger partial charge in [-0.05, 0) is 61.5 Å². The highest BCUT2D eigenvalue weighted by molar-refractivity contribution is 5.31. The van der Waals surface area contributed by atoms with Crippen LogP contribution in [0.4, 0.5) is 0 Å². The molecule has 0 amide bonds. The maximum Gasteiger partial charge on any atom is 0.00813 e. The highest BCUT2D eigenvalue weighted by atomic mass is 15.0. The normalized spacial score (nSPS) is 32.6. The van der Waals surface area contributed by atoms with E-state index in [0.29, 0.717) is 5.41 Å². The van der Waals surface area contributed by atoms with E-state index in [-0.39, 0.29) is 0 Å². The minimum atomic E-state index is 0.551. The second kappa shape index (κ2) is 5.52. The maximum atomic E-state index is 3.93. The zero-order valence-corrected chi connectivity index (χ0v) is 13.3. The fraction of sp³-hybridized carbons (Fsp3) is 0.684. The molecule has 0 saturated heterocycles. The first kappa shape index (κ1) is 14.1. The Labute approximate surface area is 124 Å². The molecule has 0 aromatic heterocycles. The molecule has 0 bridgehead atoms. The van der Waals surface area contributed by atoms with E-state index in [0.717, 1.165) is 18.0 Å². The Morgan fingerprint density at radius 2 is 1.85 bits per heavy atom. The van der Waals surface area contributed by atoms with E-state index in [1.165, 1.54) is 44.1 Å². The average molecular weight is 271 g/mol. The summed E-state index contributed by atoms with van der Waals surface area (Å²) >= 11 is 0. The van der Waals surface area contributed by atoms with Crippen molar-refractivity contribution in [3.8, 4) is 0 Å². The third-order valence-electron chi connectivity index (χ3n) is 5.44. The van der Waals surface area contributed by atoms with Gasteiger partial charge in [-0.3, -0.25) is 0 Å². The van der Waals surface area contributed by atoms with E-state index in [1.54, 1.807) is 5.56 Å². The molecule has 2 saturated carbocycles. The zero-order valence-electron chi connectivity index (χ0n) is 13.3. The van der Waals surface area contributed by atoms with Gasteiger partial charge in [-0.2, -0.15) is 0 Å². The van der Waals surface area contributed by atoms with E-state index in [2.05, 4.69) is 50.4 Å². The molecule has 2 aliphatic rings. The molecule has 110 valence electrons. The van der Waals surface area contributed by atoms with E-state index in [9.17, 15) is 0 Å². The first-order chi connectivity index (χ1) is 9.53. The Kier molecular flexibility index (Phi) is 3.90. The van der Waals surface area contributed by atoms with Crippen molar-refractivity contribution in [2.24, 2.45) is 5.41 Å². The van der Waals surface area contributed by atoms with Crippen molar-refractivity contribution in [3.63, 3.8) is 0 Å². The quantitative estimate of drug-likeness (QED) is 0.832. The molecule has 2 aliphatic carbocycles. The predicted molar refractivity (Wildman–Crippen MR) is 86.1 cm³/mol. The largest absolute Gasteiger partial charge is 0.311 e. The zero-order chi connectivity index (χ0) is 14.2. The lowest BCUT2D eigenvalue weighted by Gasteiger charge is -2.43. The lowest BCUT2D eigenvalue weighted by molar-refractivity contribution is 0.164. The van der Waals surface area contributed by atoms with Crippen LogP contribution in [0.3, 0.4) is 0 Å². The lowest BCUT2D eigenvalue weighted by Crippen LogP contribution is -2.48. The molecule has 1 aromatic rings. The molecule has 0 heterocycles. The minimum absolute atomic E-state index is 0.551. The van der Waals surface area contributed by atoms with Crippen LogP contribution in [-0.4, -0.2) is 12.1 Å². The molecular formula is C19H29N. The van der Waals surface area contributed by atoms with Gasteiger partial charge in [0, 0.05) is 12.1 Å². The number of nitrogens with one attached hydrogen (secondary N) is 1. The first-order valence-corrected chi connectivity index (χ1v) is 8.35. The Morgan fingerprint density at radius 3 is 2.55 bits per heavy atom. The Hall–Kier alpha value is -0.820. The second-order valence-electron chi connectivity index (χ2n) is 7.85. The molecule has 1 heteroatoms. The third-order valence-corrected chi connectivity index (χ3v) is 5.44. The summed E-state index contributed by atoms with van der Waals surface area (Å²) in [6, 6.07) is 10.4. The van der Waals surface area contributed by atoms with Crippen molar-refractivity contribution in [3.05, 3.63) is 35.4 Å². The van der Waals surface area contributed by atoms with Gasteiger partial charge in [0.15, 0.2) is 0 Å². The highest BCUT2D eigenvalue weighted by Crippen LogP contribution is 2.40. The SMILES string of the molecule is Cc1ccccc1C1CC(NC2CCCC(C)(C)C2)C1. The van der Waals surface area contributed by atoms with Crippen molar-refractivity contribution >= 4 is 0 Å². The minimum Gasteiger partial charge on any atom is -0.311 e. The van der Waals surface area contributed by atoms with E-state index in [4.69, 9.17) is 0 Å². The van der Waals surface area contributed by atoms with Crippen LogP contribution in [-0.2, 0) is 0 Å². The standard InChI is InChI=1S/C19H29N/c1-14-7-4-5-9-18(14)15-11-17(12-15)20-16-8-6-10-19(2,3)13-16/h4-5,7,9,15-17,20H,6,8,10-13H2,1-3H3. The van der Waals surface area contributed by atoms with Crippen molar-refractivity contribution in [2.45, 2.75) is 77.3 Å². The van der Waals surface area contributed by atoms with Crippen LogP contribution in [0.2, 0.25) is 0 Å². The van der Waals surface area contributed by atoms with E-state index < -0.39 is 0 Å². The van der Waals surface area contributed by atoms with Crippen LogP contribution in [0.5, 0.6) is 0 Å². The summed E-state index contributed by atoms with van der Waals surface area (Å²) < 4.78 is 0. The van der Waals surface area contributed by atoms with Crippen LogP contribution in [0.1, 0.15) is 69.4 Å². The van der Waals surface area contributed by atoms with Gasteiger partial charge in [0.05, 0.1) is 0 Å². The van der Waals surface area contributed by atoms with Crippen LogP contribution in [0.15, 0.2) is 24.3 Å². The summed E-state index contributed by atoms with van der Waals surface area (Å²) in [5.74, 6) is 0.797. The molecule has 20 heavy (non-hydrogen) atoms. The van der Waals surface area contributed by atoms with Gasteiger partial charge in [-0.15, -0.1) is 0 Å². The predicted octanol–water partition coefficient (Wildman–Crippen LogP) is 4.80. The van der Waals surface area contributed by atoms with Crippen LogP contribution in [0.25, 0.3) is 0 Å². The van der Waals surface area contributed by atoms with Gasteiger partial charge in [-0.1, -0.05) is 44.5 Å². The number of aryl methyl sites for hydroxylation is 1. The fourth-order valence-electron chi connectivity index (χ4n) is 4.23. The van der Waals surface area contributed by atoms with Gasteiger partial charge in [0.25, 0.3) is 0 Å². The van der Waals surface area contributed by atoms with Gasteiger partial charge >= 0.3 is 0 Å². The molecule has 0 aliphatic heterocycles. The summed E-state index contributed by atoms with van der Waals surface area (Å²) in [5, 5.41) is 3.93. The fourth-order valence-corrected chi connectivity index (χ4v) is 4.23. The number of hydrogen-bond acceptors (Lipinski definition) is 1. The second-order valence-corrected chi connectivity index (χ2v) is 7.85. The molecule has 2 fully saturated rings. The van der Waals surface area contributed by atoms with Crippen LogP contribution in [0, 0.1) is 12.3 Å². The first-order valence-electron chi connectivity index (χ1n) is 8.35. The molecule has 0 radical (unpaired) electrons. The van der Waals surface area contributed by atoms with Crippen molar-refractivity contribution in [2.75, 3.05) is 0 Å². The molecule has 1 atom stereocenters. The summed E-state index contributed by atoms with van der Waals surface area (Å²) in [7, 11) is 0. The Balaban J connectivity index is 1.50. The Bertz CT molecular complexity index is 457. The van der Waals surface area contributed by atoms with Gasteiger partial charge in [0.1, 0.15) is 0 Å². The molecule has 1 N–H and O–H groups in total. The topological polar surface area (TPSA) is 12.0 Å². The third kappa shape index (κ3) is 3.09. The summed E-state index contributed by atoms with van der Waals surface area (Å²) in [4.78, 5) is 0. The summed E-state index contributed by atoms with van der Waals surface area (Å²) in [5.41, 5.74) is 3.60. The summed E-state index contributed by atoms with van der Waals surface area (Å²) in [6.45, 7) is 7.11. The van der Waals surface area contributed by atoms with Crippen LogP contribution >= 0.6 is 0 Å². The summed E-state index contributed by atoms with van der Waals surface area (Å²) in [6.07, 6.45) is 8.22. The van der Waals surface area contributed by atoms with Gasteiger partial charge in [-0.25, -0.2) is 0 Å². The highest BCUT2D eigenvalue weighted by Gasteiger charge is 2.35. The van der Waals surface area contributed by atoms with E-state index in [1.807, 2.05) is 0 Å². The molecular weight excluding hydrogens is 242 g/mol. The molecule has 3 rings (SSSR count). The van der Waals surface area contributed by atoms with Crippen molar-refractivity contribution in [1.82, 2.24) is 5.32 Å². The van der Waals surface area contributed by atoms with Crippen LogP contribution < -0.4 is 5.32 Å². The smallest absolute Gasteiger partial charge is 0.00813 e. The lowest BCUT2D eigenvalue weighted by atomic mass is 9.72. The van der Waals surface area contributed by atoms with Gasteiger partial charge < -0.3 is 5.32 Å². The number of benzene rings is 1. The monoisotopic (exact) mass is 271 g/mol.